The first-order chi connectivity index (χ1) is 9.72. The second kappa shape index (κ2) is 6.61. The third kappa shape index (κ3) is 3.29. The Morgan fingerprint density at radius 3 is 2.40 bits per heavy atom. The fourth-order valence-corrected chi connectivity index (χ4v) is 1.80. The lowest BCUT2D eigenvalue weighted by atomic mass is 10.1. The van der Waals surface area contributed by atoms with Gasteiger partial charge in [0.15, 0.2) is 0 Å². The second-order valence-corrected chi connectivity index (χ2v) is 4.20. The lowest BCUT2D eigenvalue weighted by Crippen LogP contribution is -2.21. The molecular formula is C16H15FN2O. The van der Waals surface area contributed by atoms with Crippen molar-refractivity contribution in [1.29, 1.82) is 0 Å². The Hall–Kier alpha value is -2.49. The first-order valence-corrected chi connectivity index (χ1v) is 6.39. The van der Waals surface area contributed by atoms with Gasteiger partial charge in [0.25, 0.3) is 5.91 Å². The Labute approximate surface area is 117 Å². The van der Waals surface area contributed by atoms with Crippen molar-refractivity contribution in [3.63, 3.8) is 0 Å². The molecule has 0 spiro atoms. The summed E-state index contributed by atoms with van der Waals surface area (Å²) in [4.78, 5) is 11.9. The average Bonchev–Trinajstić information content (AvgIpc) is 2.49. The van der Waals surface area contributed by atoms with Crippen LogP contribution >= 0.6 is 0 Å². The number of benzene rings is 2. The van der Waals surface area contributed by atoms with Gasteiger partial charge in [0.1, 0.15) is 5.82 Å². The smallest absolute Gasteiger partial charge is 0.267 e. The number of hydrogen-bond acceptors (Lipinski definition) is 2. The molecule has 1 amide bonds. The third-order valence-corrected chi connectivity index (χ3v) is 2.85. The van der Waals surface area contributed by atoms with E-state index < -0.39 is 11.7 Å². The minimum Gasteiger partial charge on any atom is -0.267 e. The van der Waals surface area contributed by atoms with Crippen LogP contribution in [0, 0.1) is 5.82 Å². The molecule has 0 heterocycles. The molecule has 0 unspecified atom stereocenters. The monoisotopic (exact) mass is 270 g/mol. The standard InChI is InChI=1S/C16H15FN2O/c1-2-15(12-8-4-3-5-9-12)18-19-16(20)13-10-6-7-11-14(13)17/h3-11H,2H2,1H3,(H,19,20)/b18-15-. The van der Waals surface area contributed by atoms with Crippen molar-refractivity contribution in [3.8, 4) is 0 Å². The summed E-state index contributed by atoms with van der Waals surface area (Å²) in [5, 5.41) is 4.08. The zero-order valence-electron chi connectivity index (χ0n) is 11.1. The molecule has 0 atom stereocenters. The number of rotatable bonds is 4. The lowest BCUT2D eigenvalue weighted by molar-refractivity contribution is 0.0951. The van der Waals surface area contributed by atoms with E-state index in [1.165, 1.54) is 18.2 Å². The van der Waals surface area contributed by atoms with Crippen LogP contribution in [0.2, 0.25) is 0 Å². The molecule has 0 radical (unpaired) electrons. The van der Waals surface area contributed by atoms with E-state index in [0.717, 1.165) is 11.3 Å². The molecule has 0 saturated carbocycles. The van der Waals surface area contributed by atoms with Gasteiger partial charge in [0, 0.05) is 0 Å². The molecule has 0 aliphatic carbocycles. The molecule has 2 aromatic rings. The zero-order chi connectivity index (χ0) is 14.4. The number of amides is 1. The quantitative estimate of drug-likeness (QED) is 0.671. The van der Waals surface area contributed by atoms with E-state index in [1.807, 2.05) is 37.3 Å². The van der Waals surface area contributed by atoms with Gasteiger partial charge in [-0.15, -0.1) is 0 Å². The third-order valence-electron chi connectivity index (χ3n) is 2.85. The SMILES string of the molecule is CC/C(=N/NC(=O)c1ccccc1F)c1ccccc1. The fraction of sp³-hybridized carbons (Fsp3) is 0.125. The van der Waals surface area contributed by atoms with Crippen LogP contribution in [-0.4, -0.2) is 11.6 Å². The topological polar surface area (TPSA) is 41.5 Å². The van der Waals surface area contributed by atoms with E-state index in [-0.39, 0.29) is 5.56 Å². The normalized spacial score (nSPS) is 11.2. The Bertz CT molecular complexity index is 623. The van der Waals surface area contributed by atoms with Crippen LogP contribution in [0.25, 0.3) is 0 Å². The number of halogens is 1. The van der Waals surface area contributed by atoms with Crippen LogP contribution in [0.3, 0.4) is 0 Å². The number of nitrogens with one attached hydrogen (secondary N) is 1. The summed E-state index contributed by atoms with van der Waals surface area (Å²) in [7, 11) is 0. The highest BCUT2D eigenvalue weighted by Gasteiger charge is 2.10. The van der Waals surface area contributed by atoms with Crippen molar-refractivity contribution in [2.45, 2.75) is 13.3 Å². The van der Waals surface area contributed by atoms with E-state index in [4.69, 9.17) is 0 Å². The van der Waals surface area contributed by atoms with Gasteiger partial charge in [0.05, 0.1) is 11.3 Å². The summed E-state index contributed by atoms with van der Waals surface area (Å²) in [6.45, 7) is 1.95. The lowest BCUT2D eigenvalue weighted by Gasteiger charge is -2.05. The van der Waals surface area contributed by atoms with E-state index in [9.17, 15) is 9.18 Å². The maximum atomic E-state index is 13.5. The molecule has 2 aromatic carbocycles. The van der Waals surface area contributed by atoms with Gasteiger partial charge in [-0.25, -0.2) is 9.82 Å². The predicted molar refractivity (Wildman–Crippen MR) is 77.1 cm³/mol. The van der Waals surface area contributed by atoms with Crippen molar-refractivity contribution in [3.05, 3.63) is 71.5 Å². The molecule has 20 heavy (non-hydrogen) atoms. The van der Waals surface area contributed by atoms with Gasteiger partial charge in [-0.3, -0.25) is 4.79 Å². The van der Waals surface area contributed by atoms with Gasteiger partial charge >= 0.3 is 0 Å². The van der Waals surface area contributed by atoms with Crippen molar-refractivity contribution in [1.82, 2.24) is 5.43 Å². The van der Waals surface area contributed by atoms with Crippen LogP contribution < -0.4 is 5.43 Å². The van der Waals surface area contributed by atoms with Gasteiger partial charge in [-0.1, -0.05) is 49.4 Å². The summed E-state index contributed by atoms with van der Waals surface area (Å²) < 4.78 is 13.5. The molecule has 3 nitrogen and oxygen atoms in total. The van der Waals surface area contributed by atoms with E-state index in [1.54, 1.807) is 6.07 Å². The Kier molecular flexibility index (Phi) is 4.60. The van der Waals surface area contributed by atoms with Gasteiger partial charge in [0.2, 0.25) is 0 Å². The highest BCUT2D eigenvalue weighted by atomic mass is 19.1. The molecular weight excluding hydrogens is 255 g/mol. The molecule has 0 bridgehead atoms. The maximum absolute atomic E-state index is 13.5. The molecule has 102 valence electrons. The van der Waals surface area contributed by atoms with E-state index in [0.29, 0.717) is 6.42 Å². The highest BCUT2D eigenvalue weighted by molar-refractivity contribution is 6.02. The van der Waals surface area contributed by atoms with E-state index >= 15 is 0 Å². The zero-order valence-corrected chi connectivity index (χ0v) is 11.1. The van der Waals surface area contributed by atoms with Gasteiger partial charge in [-0.2, -0.15) is 5.10 Å². The Morgan fingerprint density at radius 2 is 1.75 bits per heavy atom. The second-order valence-electron chi connectivity index (χ2n) is 4.20. The van der Waals surface area contributed by atoms with Crippen molar-refractivity contribution < 1.29 is 9.18 Å². The first-order valence-electron chi connectivity index (χ1n) is 6.39. The number of nitrogens with zero attached hydrogens (tertiary/aromatic N) is 1. The molecule has 0 aromatic heterocycles. The Balaban J connectivity index is 2.16. The molecule has 0 aliphatic heterocycles. The summed E-state index contributed by atoms with van der Waals surface area (Å²) in [5.74, 6) is -1.11. The first kappa shape index (κ1) is 13.9. The van der Waals surface area contributed by atoms with Crippen LogP contribution in [0.4, 0.5) is 4.39 Å². The van der Waals surface area contributed by atoms with Gasteiger partial charge in [-0.05, 0) is 24.1 Å². The average molecular weight is 270 g/mol. The molecule has 2 rings (SSSR count). The minimum atomic E-state index is -0.557. The van der Waals surface area contributed by atoms with Gasteiger partial charge < -0.3 is 0 Å². The highest BCUT2D eigenvalue weighted by Crippen LogP contribution is 2.07. The van der Waals surface area contributed by atoms with Crippen LogP contribution in [0.5, 0.6) is 0 Å². The molecule has 1 N–H and O–H groups in total. The number of carbonyl (C=O) groups is 1. The fourth-order valence-electron chi connectivity index (χ4n) is 1.80. The molecule has 0 saturated heterocycles. The summed E-state index contributed by atoms with van der Waals surface area (Å²) in [6, 6.07) is 15.4. The molecule has 0 aliphatic rings. The summed E-state index contributed by atoms with van der Waals surface area (Å²) in [5.41, 5.74) is 4.06. The van der Waals surface area contributed by atoms with Crippen LogP contribution in [0.1, 0.15) is 29.3 Å². The van der Waals surface area contributed by atoms with Crippen LogP contribution in [-0.2, 0) is 0 Å². The number of hydrogen-bond donors (Lipinski definition) is 1. The maximum Gasteiger partial charge on any atom is 0.274 e. The van der Waals surface area contributed by atoms with Crippen molar-refractivity contribution in [2.24, 2.45) is 5.10 Å². The molecule has 4 heteroatoms. The Morgan fingerprint density at radius 1 is 1.10 bits per heavy atom. The summed E-state index contributed by atoms with van der Waals surface area (Å²) in [6.07, 6.45) is 0.668. The van der Waals surface area contributed by atoms with Crippen molar-refractivity contribution in [2.75, 3.05) is 0 Å². The predicted octanol–water partition coefficient (Wildman–Crippen LogP) is 3.37. The molecule has 0 fully saturated rings. The van der Waals surface area contributed by atoms with E-state index in [2.05, 4.69) is 10.5 Å². The number of carbonyl (C=O) groups excluding carboxylic acids is 1. The number of hydrazone groups is 1. The summed E-state index contributed by atoms with van der Waals surface area (Å²) >= 11 is 0. The van der Waals surface area contributed by atoms with Crippen molar-refractivity contribution >= 4 is 11.6 Å². The largest absolute Gasteiger partial charge is 0.274 e. The minimum absolute atomic E-state index is 0.0141. The van der Waals surface area contributed by atoms with Crippen LogP contribution in [0.15, 0.2) is 59.7 Å².